The van der Waals surface area contributed by atoms with Crippen molar-refractivity contribution in [1.82, 2.24) is 4.72 Å². The van der Waals surface area contributed by atoms with Gasteiger partial charge < -0.3 is 5.73 Å². The summed E-state index contributed by atoms with van der Waals surface area (Å²) in [5, 5.41) is 0. The van der Waals surface area contributed by atoms with Gasteiger partial charge in [-0.15, -0.1) is 0 Å². The molecule has 1 aliphatic rings. The van der Waals surface area contributed by atoms with Crippen molar-refractivity contribution in [1.29, 1.82) is 0 Å². The Hall–Kier alpha value is -0.910. The van der Waals surface area contributed by atoms with Gasteiger partial charge in [0.15, 0.2) is 0 Å². The Bertz CT molecular complexity index is 548. The maximum atomic E-state index is 12.1. The van der Waals surface area contributed by atoms with Gasteiger partial charge in [-0.25, -0.2) is 13.1 Å². The minimum atomic E-state index is -3.44. The molecule has 1 aromatic rings. The first-order valence-corrected chi connectivity index (χ1v) is 7.67. The summed E-state index contributed by atoms with van der Waals surface area (Å²) in [6.07, 6.45) is 2.87. The zero-order valence-corrected chi connectivity index (χ0v) is 11.7. The fourth-order valence-corrected chi connectivity index (χ4v) is 3.23. The smallest absolute Gasteiger partial charge is 0.240 e. The monoisotopic (exact) mass is 268 g/mol. The number of hydrogen-bond donors (Lipinski definition) is 2. The van der Waals surface area contributed by atoms with E-state index in [1.54, 1.807) is 12.1 Å². The summed E-state index contributed by atoms with van der Waals surface area (Å²) >= 11 is 0. The number of sulfonamides is 1. The van der Waals surface area contributed by atoms with Gasteiger partial charge in [0.2, 0.25) is 10.0 Å². The van der Waals surface area contributed by atoms with E-state index in [2.05, 4.69) is 4.72 Å². The third-order valence-electron chi connectivity index (χ3n) is 3.75. The summed E-state index contributed by atoms with van der Waals surface area (Å²) in [5.41, 5.74) is 7.74. The van der Waals surface area contributed by atoms with Crippen LogP contribution in [0.4, 0.5) is 0 Å². The van der Waals surface area contributed by atoms with E-state index < -0.39 is 10.0 Å². The van der Waals surface area contributed by atoms with Crippen molar-refractivity contribution >= 4 is 10.0 Å². The van der Waals surface area contributed by atoms with Crippen molar-refractivity contribution in [2.75, 3.05) is 6.54 Å². The highest BCUT2D eigenvalue weighted by molar-refractivity contribution is 7.89. The molecule has 18 heavy (non-hydrogen) atoms. The Morgan fingerprint density at radius 3 is 2.44 bits per heavy atom. The molecule has 0 spiro atoms. The SMILES string of the molecule is Cc1ccc(S(=O)(=O)NCC2(N)CCC2)cc1C. The molecule has 0 amide bonds. The van der Waals surface area contributed by atoms with Crippen LogP contribution >= 0.6 is 0 Å². The van der Waals surface area contributed by atoms with Gasteiger partial charge >= 0.3 is 0 Å². The van der Waals surface area contributed by atoms with E-state index >= 15 is 0 Å². The molecule has 1 aromatic carbocycles. The van der Waals surface area contributed by atoms with E-state index in [4.69, 9.17) is 5.73 Å². The van der Waals surface area contributed by atoms with Gasteiger partial charge in [-0.2, -0.15) is 0 Å². The quantitative estimate of drug-likeness (QED) is 0.868. The van der Waals surface area contributed by atoms with E-state index in [1.165, 1.54) is 0 Å². The molecular weight excluding hydrogens is 248 g/mol. The summed E-state index contributed by atoms with van der Waals surface area (Å²) in [6.45, 7) is 4.19. The normalized spacial score (nSPS) is 18.4. The number of hydrogen-bond acceptors (Lipinski definition) is 3. The molecule has 4 nitrogen and oxygen atoms in total. The van der Waals surface area contributed by atoms with Crippen molar-refractivity contribution in [2.24, 2.45) is 5.73 Å². The van der Waals surface area contributed by atoms with Gasteiger partial charge in [0.1, 0.15) is 0 Å². The lowest BCUT2D eigenvalue weighted by molar-refractivity contribution is 0.251. The van der Waals surface area contributed by atoms with Crippen LogP contribution in [0.15, 0.2) is 23.1 Å². The molecule has 1 saturated carbocycles. The first kappa shape index (κ1) is 13.5. The molecule has 1 fully saturated rings. The molecule has 0 saturated heterocycles. The maximum absolute atomic E-state index is 12.1. The van der Waals surface area contributed by atoms with Gasteiger partial charge in [-0.1, -0.05) is 6.07 Å². The van der Waals surface area contributed by atoms with Crippen molar-refractivity contribution in [2.45, 2.75) is 43.5 Å². The fraction of sp³-hybridized carbons (Fsp3) is 0.538. The minimum Gasteiger partial charge on any atom is -0.324 e. The zero-order chi connectivity index (χ0) is 13.4. The van der Waals surface area contributed by atoms with Gasteiger partial charge in [0.05, 0.1) is 4.90 Å². The lowest BCUT2D eigenvalue weighted by Gasteiger charge is -2.38. The van der Waals surface area contributed by atoms with Crippen LogP contribution in [0.5, 0.6) is 0 Å². The Kier molecular flexibility index (Phi) is 3.49. The first-order valence-electron chi connectivity index (χ1n) is 6.18. The highest BCUT2D eigenvalue weighted by atomic mass is 32.2. The van der Waals surface area contributed by atoms with Crippen LogP contribution < -0.4 is 10.5 Å². The first-order chi connectivity index (χ1) is 8.32. The largest absolute Gasteiger partial charge is 0.324 e. The Morgan fingerprint density at radius 1 is 1.28 bits per heavy atom. The summed E-state index contributed by atoms with van der Waals surface area (Å²) in [7, 11) is -3.44. The average Bonchev–Trinajstić information content (AvgIpc) is 2.27. The topological polar surface area (TPSA) is 72.2 Å². The summed E-state index contributed by atoms with van der Waals surface area (Å²) in [4.78, 5) is 0.313. The van der Waals surface area contributed by atoms with Crippen molar-refractivity contribution < 1.29 is 8.42 Å². The Morgan fingerprint density at radius 2 is 1.94 bits per heavy atom. The van der Waals surface area contributed by atoms with E-state index in [1.807, 2.05) is 19.9 Å². The standard InChI is InChI=1S/C13H20N2O2S/c1-10-4-5-12(8-11(10)2)18(16,17)15-9-13(14)6-3-7-13/h4-5,8,15H,3,6-7,9,14H2,1-2H3. The van der Waals surface area contributed by atoms with E-state index in [-0.39, 0.29) is 5.54 Å². The molecular formula is C13H20N2O2S. The predicted molar refractivity (Wildman–Crippen MR) is 71.9 cm³/mol. The van der Waals surface area contributed by atoms with Gasteiger partial charge in [0.25, 0.3) is 0 Å². The number of aryl methyl sites for hydroxylation is 2. The Labute approximate surface area is 109 Å². The van der Waals surface area contributed by atoms with Crippen LogP contribution in [0.2, 0.25) is 0 Å². The zero-order valence-electron chi connectivity index (χ0n) is 10.9. The van der Waals surface area contributed by atoms with Crippen LogP contribution in [0.1, 0.15) is 30.4 Å². The van der Waals surface area contributed by atoms with E-state index in [0.29, 0.717) is 11.4 Å². The molecule has 0 heterocycles. The Balaban J connectivity index is 2.12. The third-order valence-corrected chi connectivity index (χ3v) is 5.15. The number of benzene rings is 1. The average molecular weight is 268 g/mol. The molecule has 2 rings (SSSR count). The molecule has 0 atom stereocenters. The van der Waals surface area contributed by atoms with E-state index in [0.717, 1.165) is 30.4 Å². The second-order valence-electron chi connectivity index (χ2n) is 5.29. The fourth-order valence-electron chi connectivity index (χ4n) is 2.01. The molecule has 1 aliphatic carbocycles. The minimum absolute atomic E-state index is 0.313. The molecule has 5 heteroatoms. The lowest BCUT2D eigenvalue weighted by atomic mass is 9.78. The molecule has 3 N–H and O–H groups in total. The van der Waals surface area contributed by atoms with Crippen LogP contribution in [-0.4, -0.2) is 20.5 Å². The third kappa shape index (κ3) is 2.74. The molecule has 0 unspecified atom stereocenters. The number of nitrogens with one attached hydrogen (secondary N) is 1. The maximum Gasteiger partial charge on any atom is 0.240 e. The van der Waals surface area contributed by atoms with Crippen molar-refractivity contribution in [3.05, 3.63) is 29.3 Å². The highest BCUT2D eigenvalue weighted by Gasteiger charge is 2.33. The number of nitrogens with two attached hydrogens (primary N) is 1. The number of rotatable bonds is 4. The van der Waals surface area contributed by atoms with Crippen LogP contribution in [0.3, 0.4) is 0 Å². The van der Waals surface area contributed by atoms with Crippen LogP contribution in [-0.2, 0) is 10.0 Å². The second-order valence-corrected chi connectivity index (χ2v) is 7.05. The van der Waals surface area contributed by atoms with Crippen LogP contribution in [0, 0.1) is 13.8 Å². The van der Waals surface area contributed by atoms with Gasteiger partial charge in [0, 0.05) is 12.1 Å². The second kappa shape index (κ2) is 4.64. The predicted octanol–water partition coefficient (Wildman–Crippen LogP) is 1.46. The molecule has 0 bridgehead atoms. The van der Waals surface area contributed by atoms with Gasteiger partial charge in [-0.05, 0) is 56.4 Å². The summed E-state index contributed by atoms with van der Waals surface area (Å²) in [6, 6.07) is 5.15. The van der Waals surface area contributed by atoms with Crippen LogP contribution in [0.25, 0.3) is 0 Å². The summed E-state index contributed by atoms with van der Waals surface area (Å²) < 4.78 is 26.8. The van der Waals surface area contributed by atoms with Crippen molar-refractivity contribution in [3.8, 4) is 0 Å². The molecule has 100 valence electrons. The lowest BCUT2D eigenvalue weighted by Crippen LogP contribution is -2.54. The highest BCUT2D eigenvalue weighted by Crippen LogP contribution is 2.28. The van der Waals surface area contributed by atoms with Crippen molar-refractivity contribution in [3.63, 3.8) is 0 Å². The molecule has 0 aromatic heterocycles. The van der Waals surface area contributed by atoms with E-state index in [9.17, 15) is 8.42 Å². The molecule has 0 aliphatic heterocycles. The molecule has 0 radical (unpaired) electrons. The summed E-state index contributed by atoms with van der Waals surface area (Å²) in [5.74, 6) is 0. The van der Waals surface area contributed by atoms with Gasteiger partial charge in [-0.3, -0.25) is 0 Å².